The monoisotopic (exact) mass is 1400 g/mol. The Morgan fingerprint density at radius 1 is 0.395 bits per heavy atom. The van der Waals surface area contributed by atoms with Crippen molar-refractivity contribution in [2.45, 2.75) is 31.4 Å². The van der Waals surface area contributed by atoms with Crippen LogP contribution in [0.4, 0.5) is 22.7 Å². The first-order valence-electron chi connectivity index (χ1n) is 17.7. The summed E-state index contributed by atoms with van der Waals surface area (Å²) in [7, 11) is 0. The van der Waals surface area contributed by atoms with E-state index >= 15 is 0 Å². The molecule has 4 atom stereocenters. The average molecular weight is 1410 g/mol. The number of thiol groups is 1. The summed E-state index contributed by atoms with van der Waals surface area (Å²) in [6.45, 7) is 1.64. The molecule has 0 bridgehead atoms. The summed E-state index contributed by atoms with van der Waals surface area (Å²) in [5.74, 6) is 0. The van der Waals surface area contributed by atoms with Gasteiger partial charge in [-0.05, 0) is 83.2 Å². The van der Waals surface area contributed by atoms with Gasteiger partial charge >= 0.3 is 59.1 Å². The molecule has 2 N–H and O–H groups in total. The summed E-state index contributed by atoms with van der Waals surface area (Å²) in [6, 6.07) is 19.1. The summed E-state index contributed by atoms with van der Waals surface area (Å²) in [5.41, 5.74) is -0.969. The Kier molecular flexibility index (Phi) is 37.9. The minimum Gasteiger partial charge on any atom is -0.768 e. The Morgan fingerprint density at radius 3 is 0.882 bits per heavy atom. The molecule has 0 aliphatic carbocycles. The molecule has 20 nitrogen and oxygen atoms in total. The molecule has 0 fully saturated rings. The van der Waals surface area contributed by atoms with Gasteiger partial charge in [0.2, 0.25) is 0 Å². The van der Waals surface area contributed by atoms with E-state index in [1.807, 2.05) is 0 Å². The van der Waals surface area contributed by atoms with Gasteiger partial charge in [-0.2, -0.15) is 0 Å². The van der Waals surface area contributed by atoms with Crippen molar-refractivity contribution in [2.24, 2.45) is 0 Å². The Bertz CT molecular complexity index is 2990. The van der Waals surface area contributed by atoms with E-state index in [9.17, 15) is 66.4 Å². The minimum atomic E-state index is -2.70. The van der Waals surface area contributed by atoms with E-state index in [1.54, 1.807) is 31.2 Å². The SMILES string of the molecule is Cc1c(Cl)ccc([N+](=O)[O-])c1Cl.O=S([O-])c1c(Cl)cccc1Cl.O=[N+]([O-])c1ccc(Cl)c(S(=O)O)c1Cl.O=[N+]([O-])c1ccc(Cl)c(S(=O)O)c1Cl.O=[N+]([O-])c1ccc(Cl)c(S(=O)[O-])c1Cl.Sc1c(Cl)cccc1Cl.[Na+].[Na+]. The smallest absolute Gasteiger partial charge is 0.768 e. The van der Waals surface area contributed by atoms with Crippen LogP contribution in [-0.2, 0) is 44.3 Å². The van der Waals surface area contributed by atoms with Crippen molar-refractivity contribution in [3.05, 3.63) is 191 Å². The molecule has 0 saturated heterocycles. The van der Waals surface area contributed by atoms with Crippen LogP contribution in [-0.4, -0.2) is 54.7 Å². The maximum Gasteiger partial charge on any atom is 1.00 e. The van der Waals surface area contributed by atoms with Crippen molar-refractivity contribution in [1.29, 1.82) is 0 Å². The number of hydrogen-bond acceptors (Lipinski definition) is 15. The second-order valence-electron chi connectivity index (χ2n) is 12.3. The van der Waals surface area contributed by atoms with Crippen molar-refractivity contribution in [3.8, 4) is 0 Å². The molecule has 0 aromatic heterocycles. The minimum absolute atomic E-state index is 0. The van der Waals surface area contributed by atoms with Crippen molar-refractivity contribution in [2.75, 3.05) is 0 Å². The Morgan fingerprint density at radius 2 is 0.632 bits per heavy atom. The largest absolute Gasteiger partial charge is 1.00 e. The van der Waals surface area contributed by atoms with Crippen LogP contribution in [0.1, 0.15) is 5.56 Å². The van der Waals surface area contributed by atoms with Gasteiger partial charge in [-0.3, -0.25) is 48.9 Å². The summed E-state index contributed by atoms with van der Waals surface area (Å²) in [4.78, 5) is 38.2. The molecule has 39 heteroatoms. The van der Waals surface area contributed by atoms with Gasteiger partial charge in [0.05, 0.1) is 64.6 Å². The van der Waals surface area contributed by atoms with Gasteiger partial charge in [-0.1, -0.05) is 151 Å². The first-order chi connectivity index (χ1) is 34.2. The quantitative estimate of drug-likeness (QED) is 0.0419. The van der Waals surface area contributed by atoms with Crippen LogP contribution in [0, 0.1) is 47.4 Å². The topological polar surface area (TPSA) is 327 Å². The van der Waals surface area contributed by atoms with E-state index in [2.05, 4.69) is 12.6 Å². The molecule has 0 saturated carbocycles. The molecule has 0 radical (unpaired) electrons. The van der Waals surface area contributed by atoms with E-state index in [1.165, 1.54) is 24.3 Å². The molecule has 0 aliphatic heterocycles. The van der Waals surface area contributed by atoms with E-state index in [0.717, 1.165) is 36.4 Å². The molecule has 6 aromatic carbocycles. The molecular weight excluding hydrogens is 1390 g/mol. The number of benzene rings is 6. The maximum absolute atomic E-state index is 10.7. The second kappa shape index (κ2) is 37.3. The van der Waals surface area contributed by atoms with E-state index < -0.39 is 101 Å². The van der Waals surface area contributed by atoms with E-state index in [-0.39, 0.29) is 110 Å². The first kappa shape index (κ1) is 77.3. The zero-order valence-corrected chi connectivity index (χ0v) is 54.3. The molecule has 0 spiro atoms. The molecule has 76 heavy (non-hydrogen) atoms. The summed E-state index contributed by atoms with van der Waals surface area (Å²) >= 11 is 61.0. The molecule has 6 aromatic rings. The first-order valence-corrected chi connectivity index (χ1v) is 27.0. The third-order valence-corrected chi connectivity index (χ3v) is 16.7. The predicted octanol–water partition coefficient (Wildman–Crippen LogP) is 9.84. The molecule has 0 aliphatic rings. The molecular formula is C37H20Cl12N4Na2O16S5. The normalized spacial score (nSPS) is 11.5. The van der Waals surface area contributed by atoms with E-state index in [0.29, 0.717) is 25.5 Å². The van der Waals surface area contributed by atoms with Gasteiger partial charge in [0.1, 0.15) is 29.9 Å². The molecule has 0 amide bonds. The van der Waals surface area contributed by atoms with Crippen LogP contribution in [0.5, 0.6) is 0 Å². The fourth-order valence-electron chi connectivity index (χ4n) is 4.38. The Hall–Kier alpha value is -0.810. The predicted molar refractivity (Wildman–Crippen MR) is 290 cm³/mol. The van der Waals surface area contributed by atoms with Gasteiger partial charge in [0.15, 0.2) is 22.2 Å². The summed E-state index contributed by atoms with van der Waals surface area (Å²) < 4.78 is 81.2. The van der Waals surface area contributed by atoms with Crippen molar-refractivity contribution < 1.29 is 114 Å². The second-order valence-corrected chi connectivity index (χ2v) is 21.0. The zero-order valence-electron chi connectivity index (χ0n) is 37.1. The number of nitro benzene ring substituents is 4. The number of nitrogens with zero attached hydrogens (tertiary/aromatic N) is 4. The molecule has 0 heterocycles. The van der Waals surface area contributed by atoms with Crippen molar-refractivity contribution in [3.63, 3.8) is 0 Å². The van der Waals surface area contributed by atoms with Crippen LogP contribution in [0.3, 0.4) is 0 Å². The summed E-state index contributed by atoms with van der Waals surface area (Å²) in [6.07, 6.45) is 0. The van der Waals surface area contributed by atoms with E-state index in [4.69, 9.17) is 148 Å². The zero-order chi connectivity index (χ0) is 57.2. The Balaban J connectivity index is 0. The maximum atomic E-state index is 10.7. The molecule has 400 valence electrons. The standard InChI is InChI=1S/C7H5Cl2NO2.3C6H3Cl2NO4S.C6H4Cl2O2S.C6H4Cl2S.2Na/c1-4-5(8)2-3-6(7(4)9)10(11)12;3*7-3-1-2-4(9(10)11)5(8)6(3)14(12)13;7-4-2-1-3-5(8)6(4)11(9)10;7-4-2-1-3-5(8)6(4)9;;/h2-3H,1H3;3*1-2H,(H,12,13);1-3H,(H,9,10);1-3,9H;;/q;;;;;;2*+1/p-2. The summed E-state index contributed by atoms with van der Waals surface area (Å²) in [5, 5.41) is 42.0. The number of rotatable bonds is 8. The third kappa shape index (κ3) is 23.6. The molecule has 4 unspecified atom stereocenters. The number of nitro groups is 4. The number of halogens is 12. The third-order valence-electron chi connectivity index (χ3n) is 7.71. The van der Waals surface area contributed by atoms with Crippen LogP contribution in [0.25, 0.3) is 0 Å². The van der Waals surface area contributed by atoms with Crippen LogP contribution in [0.2, 0.25) is 60.3 Å². The van der Waals surface area contributed by atoms with Crippen LogP contribution < -0.4 is 59.1 Å². The number of hydrogen-bond donors (Lipinski definition) is 3. The van der Waals surface area contributed by atoms with Crippen molar-refractivity contribution in [1.82, 2.24) is 0 Å². The van der Waals surface area contributed by atoms with Gasteiger partial charge in [-0.25, -0.2) is 8.42 Å². The molecule has 6 rings (SSSR count). The van der Waals surface area contributed by atoms with Crippen molar-refractivity contribution >= 4 is 219 Å². The average Bonchev–Trinajstić information content (AvgIpc) is 3.27. The van der Waals surface area contributed by atoms with Gasteiger partial charge in [0, 0.05) is 34.2 Å². The fourth-order valence-corrected chi connectivity index (χ4v) is 10.5. The van der Waals surface area contributed by atoms with Crippen LogP contribution >= 0.6 is 152 Å². The van der Waals surface area contributed by atoms with Crippen LogP contribution in [0.15, 0.2) is 109 Å². The Labute approximate surface area is 548 Å². The fraction of sp³-hybridized carbons (Fsp3) is 0.0270. The van der Waals surface area contributed by atoms with Gasteiger partial charge < -0.3 is 18.2 Å². The van der Waals surface area contributed by atoms with Gasteiger partial charge in [0.25, 0.3) is 22.7 Å². The van der Waals surface area contributed by atoms with Gasteiger partial charge in [-0.15, -0.1) is 12.6 Å².